The van der Waals surface area contributed by atoms with Gasteiger partial charge in [0.15, 0.2) is 0 Å². The lowest BCUT2D eigenvalue weighted by Crippen LogP contribution is -2.56. The molecule has 2 fully saturated rings. The number of aryl methyl sites for hydroxylation is 1. The summed E-state index contributed by atoms with van der Waals surface area (Å²) in [6.45, 7) is -0.789. The number of carbonyl (C=O) groups excluding carboxylic acids is 1. The molecule has 1 aliphatic carbocycles. The van der Waals surface area contributed by atoms with Gasteiger partial charge in [-0.15, -0.1) is 0 Å². The van der Waals surface area contributed by atoms with Gasteiger partial charge >= 0.3 is 6.55 Å². The van der Waals surface area contributed by atoms with Crippen LogP contribution in [0, 0.1) is 18.8 Å². The van der Waals surface area contributed by atoms with Gasteiger partial charge in [0.1, 0.15) is 0 Å². The van der Waals surface area contributed by atoms with E-state index in [-0.39, 0.29) is 17.9 Å². The molecule has 162 valence electrons. The first-order chi connectivity index (χ1) is 15.5. The summed E-state index contributed by atoms with van der Waals surface area (Å²) in [6, 6.07) is 9.47. The fourth-order valence-corrected chi connectivity index (χ4v) is 4.74. The number of H-pyrrole nitrogens is 1. The first-order valence-electron chi connectivity index (χ1n) is 10.6. The number of carbonyl (C=O) groups is 1. The van der Waals surface area contributed by atoms with Gasteiger partial charge in [-0.1, -0.05) is 6.07 Å². The Bertz CT molecular complexity index is 1340. The minimum absolute atomic E-state index is 0.0576. The van der Waals surface area contributed by atoms with E-state index in [0.29, 0.717) is 21.9 Å². The van der Waals surface area contributed by atoms with E-state index in [1.165, 1.54) is 12.4 Å². The van der Waals surface area contributed by atoms with Crippen LogP contribution < -0.4 is 4.90 Å². The summed E-state index contributed by atoms with van der Waals surface area (Å²) in [6.07, 6.45) is 6.45. The van der Waals surface area contributed by atoms with Crippen molar-refractivity contribution in [3.8, 4) is 11.3 Å². The van der Waals surface area contributed by atoms with E-state index < -0.39 is 6.55 Å². The number of halogens is 2. The SMILES string of the molecule is Cc1nc(-c2cnn(C(F)F)c2)ccc1[C@H]1[C@@H](C2CC2)C(=O)N1c1ccc2[nH]cnc2c1. The van der Waals surface area contributed by atoms with Gasteiger partial charge in [-0.05, 0) is 55.5 Å². The van der Waals surface area contributed by atoms with Crippen molar-refractivity contribution in [2.24, 2.45) is 11.8 Å². The van der Waals surface area contributed by atoms with Gasteiger partial charge in [0.25, 0.3) is 0 Å². The minimum atomic E-state index is -2.69. The first kappa shape index (κ1) is 19.1. The van der Waals surface area contributed by atoms with Crippen LogP contribution in [0.3, 0.4) is 0 Å². The number of pyridine rings is 1. The molecule has 6 rings (SSSR count). The van der Waals surface area contributed by atoms with E-state index in [9.17, 15) is 13.6 Å². The number of hydrogen-bond acceptors (Lipinski definition) is 4. The molecule has 0 unspecified atom stereocenters. The van der Waals surface area contributed by atoms with E-state index in [1.807, 2.05) is 42.2 Å². The summed E-state index contributed by atoms with van der Waals surface area (Å²) >= 11 is 0. The average molecular weight is 434 g/mol. The second-order valence-corrected chi connectivity index (χ2v) is 8.48. The lowest BCUT2D eigenvalue weighted by Gasteiger charge is -2.48. The number of fused-ring (bicyclic) bond motifs is 1. The van der Waals surface area contributed by atoms with Gasteiger partial charge in [-0.25, -0.2) is 9.67 Å². The van der Waals surface area contributed by atoms with E-state index in [2.05, 4.69) is 20.1 Å². The summed E-state index contributed by atoms with van der Waals surface area (Å²) in [7, 11) is 0. The lowest BCUT2D eigenvalue weighted by molar-refractivity contribution is -0.131. The van der Waals surface area contributed by atoms with Gasteiger partial charge < -0.3 is 9.88 Å². The molecule has 4 aromatic rings. The summed E-state index contributed by atoms with van der Waals surface area (Å²) in [5, 5.41) is 3.70. The molecule has 1 aliphatic heterocycles. The molecule has 4 heterocycles. The molecule has 0 spiro atoms. The quantitative estimate of drug-likeness (QED) is 0.464. The van der Waals surface area contributed by atoms with Crippen LogP contribution in [-0.2, 0) is 4.79 Å². The zero-order valence-electron chi connectivity index (χ0n) is 17.2. The molecule has 32 heavy (non-hydrogen) atoms. The molecule has 2 aliphatic rings. The fourth-order valence-electron chi connectivity index (χ4n) is 4.74. The fraction of sp³-hybridized carbons (Fsp3) is 0.304. The van der Waals surface area contributed by atoms with Crippen LogP contribution in [0.2, 0.25) is 0 Å². The third-order valence-corrected chi connectivity index (χ3v) is 6.50. The van der Waals surface area contributed by atoms with Crippen molar-refractivity contribution in [1.29, 1.82) is 0 Å². The van der Waals surface area contributed by atoms with Crippen LogP contribution in [0.25, 0.3) is 22.3 Å². The molecule has 1 N–H and O–H groups in total. The molecule has 3 aromatic heterocycles. The van der Waals surface area contributed by atoms with Crippen molar-refractivity contribution in [2.75, 3.05) is 4.90 Å². The molecule has 9 heteroatoms. The maximum Gasteiger partial charge on any atom is 0.333 e. The van der Waals surface area contributed by atoms with Crippen molar-refractivity contribution in [3.05, 3.63) is 60.3 Å². The Labute approximate surface area is 182 Å². The maximum absolute atomic E-state index is 13.2. The second-order valence-electron chi connectivity index (χ2n) is 8.48. The highest BCUT2D eigenvalue weighted by atomic mass is 19.3. The number of amides is 1. The number of rotatable bonds is 5. The molecular weight excluding hydrogens is 414 g/mol. The Hall–Kier alpha value is -3.62. The van der Waals surface area contributed by atoms with Crippen LogP contribution in [0.1, 0.15) is 36.7 Å². The number of anilines is 1. The molecule has 1 aromatic carbocycles. The average Bonchev–Trinajstić information content (AvgIpc) is 3.26. The van der Waals surface area contributed by atoms with E-state index in [4.69, 9.17) is 0 Å². The number of nitrogens with one attached hydrogen (secondary N) is 1. The van der Waals surface area contributed by atoms with Crippen molar-refractivity contribution in [3.63, 3.8) is 0 Å². The third kappa shape index (κ3) is 2.91. The van der Waals surface area contributed by atoms with E-state index in [0.717, 1.165) is 40.8 Å². The van der Waals surface area contributed by atoms with Crippen LogP contribution >= 0.6 is 0 Å². The molecule has 1 saturated heterocycles. The smallest absolute Gasteiger partial charge is 0.333 e. The van der Waals surface area contributed by atoms with Gasteiger partial charge in [0.05, 0.1) is 41.2 Å². The Morgan fingerprint density at radius 2 is 2.03 bits per heavy atom. The Morgan fingerprint density at radius 1 is 1.19 bits per heavy atom. The highest BCUT2D eigenvalue weighted by molar-refractivity contribution is 6.04. The van der Waals surface area contributed by atoms with Gasteiger partial charge in [-0.2, -0.15) is 13.9 Å². The molecule has 7 nitrogen and oxygen atoms in total. The number of benzene rings is 1. The zero-order valence-corrected chi connectivity index (χ0v) is 17.2. The summed E-state index contributed by atoms with van der Waals surface area (Å²) < 4.78 is 26.4. The highest BCUT2D eigenvalue weighted by Crippen LogP contribution is 2.54. The Morgan fingerprint density at radius 3 is 2.75 bits per heavy atom. The molecular formula is C23H20F2N6O. The number of nitrogens with zero attached hydrogens (tertiary/aromatic N) is 5. The Kier molecular flexibility index (Phi) is 4.14. The number of aromatic nitrogens is 5. The molecule has 0 bridgehead atoms. The van der Waals surface area contributed by atoms with Gasteiger partial charge in [-0.3, -0.25) is 9.78 Å². The summed E-state index contributed by atoms with van der Waals surface area (Å²) in [5.41, 5.74) is 5.42. The first-order valence-corrected chi connectivity index (χ1v) is 10.6. The largest absolute Gasteiger partial charge is 0.345 e. The summed E-state index contributed by atoms with van der Waals surface area (Å²) in [4.78, 5) is 27.1. The topological polar surface area (TPSA) is 79.7 Å². The van der Waals surface area contributed by atoms with E-state index >= 15 is 0 Å². The number of imidazole rings is 1. The third-order valence-electron chi connectivity index (χ3n) is 6.50. The van der Waals surface area contributed by atoms with Crippen LogP contribution in [-0.4, -0.2) is 30.6 Å². The van der Waals surface area contributed by atoms with Crippen molar-refractivity contribution >= 4 is 22.6 Å². The molecule has 2 atom stereocenters. The normalized spacial score (nSPS) is 20.9. The number of alkyl halides is 2. The monoisotopic (exact) mass is 434 g/mol. The van der Waals surface area contributed by atoms with Crippen LogP contribution in [0.4, 0.5) is 14.5 Å². The maximum atomic E-state index is 13.2. The van der Waals surface area contributed by atoms with Gasteiger partial charge in [0, 0.05) is 23.1 Å². The van der Waals surface area contributed by atoms with Crippen LogP contribution in [0.15, 0.2) is 49.1 Å². The molecule has 1 amide bonds. The van der Waals surface area contributed by atoms with Crippen molar-refractivity contribution in [1.82, 2.24) is 24.7 Å². The Balaban J connectivity index is 1.37. The van der Waals surface area contributed by atoms with E-state index in [1.54, 1.807) is 6.33 Å². The zero-order chi connectivity index (χ0) is 22.0. The van der Waals surface area contributed by atoms with Crippen molar-refractivity contribution in [2.45, 2.75) is 32.4 Å². The molecule has 1 saturated carbocycles. The predicted octanol–water partition coefficient (Wildman–Crippen LogP) is 4.64. The van der Waals surface area contributed by atoms with Gasteiger partial charge in [0.2, 0.25) is 5.91 Å². The number of hydrogen-bond donors (Lipinski definition) is 1. The number of aromatic amines is 1. The summed E-state index contributed by atoms with van der Waals surface area (Å²) in [5.74, 6) is 0.480. The lowest BCUT2D eigenvalue weighted by atomic mass is 9.78. The standard InChI is InChI=1S/C23H20F2N6O/c1-12-16(5-7-17(29-12)14-9-28-30(10-14)23(24)25)21-20(13-2-3-13)22(32)31(21)15-4-6-18-19(8-15)27-11-26-18/h4-11,13,20-21,23H,2-3H2,1H3,(H,26,27)/t20-,21+/m1/s1. The van der Waals surface area contributed by atoms with Crippen molar-refractivity contribution < 1.29 is 13.6 Å². The predicted molar refractivity (Wildman–Crippen MR) is 114 cm³/mol. The highest BCUT2D eigenvalue weighted by Gasteiger charge is 2.55. The minimum Gasteiger partial charge on any atom is -0.345 e. The molecule has 0 radical (unpaired) electrons. The second kappa shape index (κ2) is 6.94. The van der Waals surface area contributed by atoms with Crippen LogP contribution in [0.5, 0.6) is 0 Å². The number of β-lactam (4-membered cyclic amide) rings is 1.